The molecule has 0 saturated carbocycles. The number of nitrogens with zero attached hydrogens (tertiary/aromatic N) is 1. The molecular weight excluding hydrogens is 276 g/mol. The molecule has 3 N–H and O–H groups in total. The molecule has 0 fully saturated rings. The second-order valence-corrected chi connectivity index (χ2v) is 5.37. The van der Waals surface area contributed by atoms with Crippen LogP contribution in [0, 0.1) is 5.92 Å². The van der Waals surface area contributed by atoms with Crippen molar-refractivity contribution < 1.29 is 9.90 Å². The van der Waals surface area contributed by atoms with E-state index in [0.29, 0.717) is 13.1 Å². The highest BCUT2D eigenvalue weighted by molar-refractivity contribution is 5.85. The van der Waals surface area contributed by atoms with Crippen molar-refractivity contribution in [2.24, 2.45) is 11.7 Å². The molecule has 2 atom stereocenters. The Morgan fingerprint density at radius 2 is 2.15 bits per heavy atom. The Balaban J connectivity index is 0.00000200. The Labute approximate surface area is 126 Å². The molecule has 1 aliphatic heterocycles. The average molecular weight is 299 g/mol. The summed E-state index contributed by atoms with van der Waals surface area (Å²) in [5.74, 6) is 0.459. The maximum Gasteiger partial charge on any atom is 0.240 e. The van der Waals surface area contributed by atoms with Gasteiger partial charge in [-0.1, -0.05) is 26.3 Å². The lowest BCUT2D eigenvalue weighted by molar-refractivity contribution is -0.134. The van der Waals surface area contributed by atoms with E-state index in [1.165, 1.54) is 5.56 Å². The second kappa shape index (κ2) is 6.95. The number of fused-ring (bicyclic) bond motifs is 1. The first-order valence-electron chi connectivity index (χ1n) is 6.88. The summed E-state index contributed by atoms with van der Waals surface area (Å²) in [5.41, 5.74) is 8.24. The molecule has 0 bridgehead atoms. The van der Waals surface area contributed by atoms with E-state index in [-0.39, 0.29) is 30.0 Å². The van der Waals surface area contributed by atoms with Crippen molar-refractivity contribution in [1.29, 1.82) is 0 Å². The van der Waals surface area contributed by atoms with E-state index in [1.54, 1.807) is 17.0 Å². The number of aromatic hydroxyl groups is 1. The van der Waals surface area contributed by atoms with E-state index < -0.39 is 6.04 Å². The minimum absolute atomic E-state index is 0. The van der Waals surface area contributed by atoms with E-state index >= 15 is 0 Å². The van der Waals surface area contributed by atoms with Crippen LogP contribution in [0.25, 0.3) is 0 Å². The number of carbonyl (C=O) groups excluding carboxylic acids is 1. The Bertz CT molecular complexity index is 479. The van der Waals surface area contributed by atoms with Crippen molar-refractivity contribution in [2.45, 2.75) is 39.3 Å². The van der Waals surface area contributed by atoms with Gasteiger partial charge in [-0.05, 0) is 35.6 Å². The largest absolute Gasteiger partial charge is 0.508 e. The number of nitrogens with two attached hydrogens (primary N) is 1. The topological polar surface area (TPSA) is 66.6 Å². The zero-order chi connectivity index (χ0) is 14.0. The first-order valence-corrected chi connectivity index (χ1v) is 6.88. The smallest absolute Gasteiger partial charge is 0.240 e. The number of hydrogen-bond acceptors (Lipinski definition) is 3. The quantitative estimate of drug-likeness (QED) is 0.898. The van der Waals surface area contributed by atoms with Crippen LogP contribution in [-0.4, -0.2) is 28.5 Å². The summed E-state index contributed by atoms with van der Waals surface area (Å²) < 4.78 is 0. The van der Waals surface area contributed by atoms with Crippen LogP contribution in [-0.2, 0) is 17.8 Å². The lowest BCUT2D eigenvalue weighted by Gasteiger charge is -2.32. The Morgan fingerprint density at radius 3 is 2.80 bits per heavy atom. The highest BCUT2D eigenvalue weighted by atomic mass is 35.5. The second-order valence-electron chi connectivity index (χ2n) is 5.37. The fourth-order valence-corrected chi connectivity index (χ4v) is 2.44. The number of halogens is 1. The Kier molecular flexibility index (Phi) is 5.84. The summed E-state index contributed by atoms with van der Waals surface area (Å²) in [6, 6.07) is 4.94. The molecule has 2 unspecified atom stereocenters. The standard InChI is InChI=1S/C15H22N2O2.ClH/c1-3-10(2)14(16)15(19)17-7-6-11-4-5-13(18)8-12(11)9-17;/h4-5,8,10,14,18H,3,6-7,9,16H2,1-2H3;1H. The molecule has 1 aromatic rings. The van der Waals surface area contributed by atoms with Crippen LogP contribution in [0.1, 0.15) is 31.4 Å². The first kappa shape index (κ1) is 16.8. The van der Waals surface area contributed by atoms with Gasteiger partial charge in [0.2, 0.25) is 5.91 Å². The minimum atomic E-state index is -0.427. The summed E-state index contributed by atoms with van der Waals surface area (Å²) in [6.45, 7) is 5.31. The van der Waals surface area contributed by atoms with E-state index in [2.05, 4.69) is 0 Å². The molecule has 0 aliphatic carbocycles. The van der Waals surface area contributed by atoms with Gasteiger partial charge in [-0.2, -0.15) is 0 Å². The van der Waals surface area contributed by atoms with Crippen molar-refractivity contribution in [3.8, 4) is 5.75 Å². The van der Waals surface area contributed by atoms with Crippen LogP contribution >= 0.6 is 12.4 Å². The number of rotatable bonds is 3. The molecule has 1 amide bonds. The molecule has 1 heterocycles. The number of phenolic OH excluding ortho intramolecular Hbond substituents is 1. The van der Waals surface area contributed by atoms with Crippen molar-refractivity contribution in [3.63, 3.8) is 0 Å². The molecule has 1 aromatic carbocycles. The monoisotopic (exact) mass is 298 g/mol. The summed E-state index contributed by atoms with van der Waals surface area (Å²) in [6.07, 6.45) is 1.73. The molecule has 0 radical (unpaired) electrons. The van der Waals surface area contributed by atoms with Gasteiger partial charge in [-0.3, -0.25) is 4.79 Å². The van der Waals surface area contributed by atoms with E-state index in [9.17, 15) is 9.90 Å². The lowest BCUT2D eigenvalue weighted by atomic mass is 9.95. The van der Waals surface area contributed by atoms with E-state index in [0.717, 1.165) is 18.4 Å². The van der Waals surface area contributed by atoms with Crippen LogP contribution in [0.15, 0.2) is 18.2 Å². The molecule has 2 rings (SSSR count). The lowest BCUT2D eigenvalue weighted by Crippen LogP contribution is -2.48. The zero-order valence-corrected chi connectivity index (χ0v) is 12.8. The third-order valence-electron chi connectivity index (χ3n) is 4.06. The van der Waals surface area contributed by atoms with E-state index in [4.69, 9.17) is 5.73 Å². The molecule has 0 spiro atoms. The van der Waals surface area contributed by atoms with Gasteiger partial charge < -0.3 is 15.7 Å². The highest BCUT2D eigenvalue weighted by Crippen LogP contribution is 2.24. The van der Waals surface area contributed by atoms with Crippen molar-refractivity contribution in [1.82, 2.24) is 4.90 Å². The SMILES string of the molecule is CCC(C)C(N)C(=O)N1CCc2ccc(O)cc2C1.Cl. The van der Waals surface area contributed by atoms with E-state index in [1.807, 2.05) is 19.9 Å². The van der Waals surface area contributed by atoms with Crippen LogP contribution < -0.4 is 5.73 Å². The van der Waals surface area contributed by atoms with Gasteiger partial charge >= 0.3 is 0 Å². The molecule has 0 saturated heterocycles. The average Bonchev–Trinajstić information content (AvgIpc) is 2.43. The maximum atomic E-state index is 12.3. The van der Waals surface area contributed by atoms with Gasteiger partial charge in [0.1, 0.15) is 5.75 Å². The van der Waals surface area contributed by atoms with Crippen molar-refractivity contribution >= 4 is 18.3 Å². The summed E-state index contributed by atoms with van der Waals surface area (Å²) in [5, 5.41) is 9.52. The third kappa shape index (κ3) is 3.44. The Hall–Kier alpha value is -1.26. The summed E-state index contributed by atoms with van der Waals surface area (Å²) in [7, 11) is 0. The third-order valence-corrected chi connectivity index (χ3v) is 4.06. The molecule has 0 aromatic heterocycles. The number of amides is 1. The van der Waals surface area contributed by atoms with Crippen molar-refractivity contribution in [2.75, 3.05) is 6.54 Å². The zero-order valence-electron chi connectivity index (χ0n) is 12.0. The van der Waals surface area contributed by atoms with Crippen LogP contribution in [0.5, 0.6) is 5.75 Å². The molecule has 20 heavy (non-hydrogen) atoms. The number of benzene rings is 1. The van der Waals surface area contributed by atoms with Gasteiger partial charge in [0.15, 0.2) is 0 Å². The number of carbonyl (C=O) groups is 1. The summed E-state index contributed by atoms with van der Waals surface area (Å²) >= 11 is 0. The molecule has 112 valence electrons. The predicted octanol–water partition coefficient (Wildman–Crippen LogP) is 2.07. The molecular formula is C15H23ClN2O2. The number of hydrogen-bond donors (Lipinski definition) is 2. The van der Waals surface area contributed by atoms with Crippen LogP contribution in [0.4, 0.5) is 0 Å². The predicted molar refractivity (Wildman–Crippen MR) is 81.9 cm³/mol. The molecule has 5 heteroatoms. The summed E-state index contributed by atoms with van der Waals surface area (Å²) in [4.78, 5) is 14.1. The van der Waals surface area contributed by atoms with Gasteiger partial charge in [0, 0.05) is 13.1 Å². The van der Waals surface area contributed by atoms with Crippen LogP contribution in [0.3, 0.4) is 0 Å². The van der Waals surface area contributed by atoms with Crippen molar-refractivity contribution in [3.05, 3.63) is 29.3 Å². The molecule has 1 aliphatic rings. The minimum Gasteiger partial charge on any atom is -0.508 e. The fourth-order valence-electron chi connectivity index (χ4n) is 2.44. The highest BCUT2D eigenvalue weighted by Gasteiger charge is 2.27. The first-order chi connectivity index (χ1) is 9.02. The normalized spacial score (nSPS) is 16.9. The fraction of sp³-hybridized carbons (Fsp3) is 0.533. The molecule has 4 nitrogen and oxygen atoms in total. The van der Waals surface area contributed by atoms with Gasteiger partial charge in [0.25, 0.3) is 0 Å². The maximum absolute atomic E-state index is 12.3. The van der Waals surface area contributed by atoms with Gasteiger partial charge in [-0.15, -0.1) is 12.4 Å². The van der Waals surface area contributed by atoms with Crippen LogP contribution in [0.2, 0.25) is 0 Å². The number of phenols is 1. The van der Waals surface area contributed by atoms with Gasteiger partial charge in [-0.25, -0.2) is 0 Å². The Morgan fingerprint density at radius 1 is 1.45 bits per heavy atom. The van der Waals surface area contributed by atoms with Gasteiger partial charge in [0.05, 0.1) is 6.04 Å².